The number of rotatable bonds is 0. The molecule has 16 heavy (non-hydrogen) atoms. The molecular weight excluding hydrogens is 208 g/mol. The van der Waals surface area contributed by atoms with Crippen LogP contribution in [0.25, 0.3) is 0 Å². The zero-order valence-corrected chi connectivity index (χ0v) is 11.0. The first kappa shape index (κ1) is 20.4. The first-order valence-electron chi connectivity index (χ1n) is 5.86. The predicted octanol–water partition coefficient (Wildman–Crippen LogP) is 3.55. The molecule has 1 fully saturated rings. The summed E-state index contributed by atoms with van der Waals surface area (Å²) >= 11 is 0. The lowest BCUT2D eigenvalue weighted by molar-refractivity contribution is -0.135. The van der Waals surface area contributed by atoms with Crippen LogP contribution in [0.1, 0.15) is 66.2 Å². The molecule has 0 saturated heterocycles. The molecular formula is C12H26O4. The zero-order valence-electron chi connectivity index (χ0n) is 11.0. The fourth-order valence-corrected chi connectivity index (χ4v) is 1.06. The largest absolute Gasteiger partial charge is 0.481 e. The maximum absolute atomic E-state index is 9.00. The van der Waals surface area contributed by atoms with E-state index in [-0.39, 0.29) is 0 Å². The van der Waals surface area contributed by atoms with Crippen molar-refractivity contribution in [3.63, 3.8) is 0 Å². The standard InChI is InChI=1S/C6H12.2C2H4O2.C2H6/c1-2-4-6-5-3-1;2*1-2(3)4;1-2/h1-6H2;2*1H3,(H,3,4);1-2H3. The van der Waals surface area contributed by atoms with Crippen LogP contribution >= 0.6 is 0 Å². The quantitative estimate of drug-likeness (QED) is 0.672. The Bertz CT molecular complexity index is 120. The van der Waals surface area contributed by atoms with Gasteiger partial charge >= 0.3 is 0 Å². The summed E-state index contributed by atoms with van der Waals surface area (Å²) < 4.78 is 0. The van der Waals surface area contributed by atoms with E-state index in [1.54, 1.807) is 0 Å². The van der Waals surface area contributed by atoms with E-state index >= 15 is 0 Å². The average molecular weight is 234 g/mol. The summed E-state index contributed by atoms with van der Waals surface area (Å²) in [6, 6.07) is 0. The van der Waals surface area contributed by atoms with Crippen molar-refractivity contribution < 1.29 is 19.8 Å². The van der Waals surface area contributed by atoms with Crippen molar-refractivity contribution in [3.8, 4) is 0 Å². The van der Waals surface area contributed by atoms with Gasteiger partial charge in [-0.3, -0.25) is 9.59 Å². The highest BCUT2D eigenvalue weighted by Gasteiger charge is 1.95. The molecule has 0 aromatic carbocycles. The van der Waals surface area contributed by atoms with Crippen LogP contribution in [0.4, 0.5) is 0 Å². The first-order chi connectivity index (χ1) is 7.46. The van der Waals surface area contributed by atoms with Crippen molar-refractivity contribution in [1.82, 2.24) is 0 Å². The zero-order chi connectivity index (χ0) is 13.4. The van der Waals surface area contributed by atoms with Crippen LogP contribution < -0.4 is 0 Å². The smallest absolute Gasteiger partial charge is 0.300 e. The number of hydrogen-bond donors (Lipinski definition) is 2. The SMILES string of the molecule is C1CCCCC1.CC.CC(=O)O.CC(=O)O. The summed E-state index contributed by atoms with van der Waals surface area (Å²) in [5.74, 6) is -1.67. The lowest BCUT2D eigenvalue weighted by Crippen LogP contribution is -1.85. The molecule has 4 heteroatoms. The van der Waals surface area contributed by atoms with E-state index in [9.17, 15) is 0 Å². The number of carboxylic acids is 2. The minimum Gasteiger partial charge on any atom is -0.481 e. The lowest BCUT2D eigenvalue weighted by Gasteiger charge is -2.05. The monoisotopic (exact) mass is 234 g/mol. The highest BCUT2D eigenvalue weighted by atomic mass is 16.4. The second-order valence-corrected chi connectivity index (χ2v) is 3.16. The summed E-state index contributed by atoms with van der Waals surface area (Å²) in [6.45, 7) is 6.17. The molecule has 0 atom stereocenters. The first-order valence-corrected chi connectivity index (χ1v) is 5.86. The van der Waals surface area contributed by atoms with E-state index < -0.39 is 11.9 Å². The van der Waals surface area contributed by atoms with Crippen LogP contribution in [-0.2, 0) is 9.59 Å². The maximum atomic E-state index is 9.00. The van der Waals surface area contributed by atoms with Gasteiger partial charge < -0.3 is 10.2 Å². The van der Waals surface area contributed by atoms with E-state index in [0.717, 1.165) is 13.8 Å². The Morgan fingerprint density at radius 2 is 0.750 bits per heavy atom. The Balaban J connectivity index is -0.000000152. The lowest BCUT2D eigenvalue weighted by atomic mass is 10.0. The molecule has 0 aromatic heterocycles. The molecule has 1 saturated carbocycles. The van der Waals surface area contributed by atoms with Crippen molar-refractivity contribution in [2.24, 2.45) is 0 Å². The van der Waals surface area contributed by atoms with Gasteiger partial charge in [0.2, 0.25) is 0 Å². The van der Waals surface area contributed by atoms with E-state index in [1.165, 1.54) is 38.5 Å². The van der Waals surface area contributed by atoms with E-state index in [1.807, 2.05) is 13.8 Å². The second kappa shape index (κ2) is 19.5. The molecule has 0 radical (unpaired) electrons. The van der Waals surface area contributed by atoms with Crippen LogP contribution in [-0.4, -0.2) is 22.2 Å². The van der Waals surface area contributed by atoms with Crippen molar-refractivity contribution in [1.29, 1.82) is 0 Å². The van der Waals surface area contributed by atoms with Crippen LogP contribution in [0.3, 0.4) is 0 Å². The summed E-state index contributed by atoms with van der Waals surface area (Å²) in [5.41, 5.74) is 0. The number of carbonyl (C=O) groups is 2. The molecule has 0 aromatic rings. The summed E-state index contributed by atoms with van der Waals surface area (Å²) in [6.07, 6.45) is 9.00. The average Bonchev–Trinajstić information content (AvgIpc) is 2.22. The van der Waals surface area contributed by atoms with Gasteiger partial charge in [-0.2, -0.15) is 0 Å². The van der Waals surface area contributed by atoms with Crippen molar-refractivity contribution >= 4 is 11.9 Å². The second-order valence-electron chi connectivity index (χ2n) is 3.16. The van der Waals surface area contributed by atoms with Gasteiger partial charge in [0.05, 0.1) is 0 Å². The van der Waals surface area contributed by atoms with Gasteiger partial charge in [-0.15, -0.1) is 0 Å². The summed E-state index contributed by atoms with van der Waals surface area (Å²) in [4.78, 5) is 18.0. The third kappa shape index (κ3) is 75.6. The van der Waals surface area contributed by atoms with Gasteiger partial charge in [0, 0.05) is 13.8 Å². The molecule has 0 amide bonds. The molecule has 98 valence electrons. The third-order valence-electron chi connectivity index (χ3n) is 1.50. The molecule has 0 unspecified atom stereocenters. The number of hydrogen-bond acceptors (Lipinski definition) is 2. The molecule has 1 aliphatic carbocycles. The molecule has 0 spiro atoms. The van der Waals surface area contributed by atoms with Crippen LogP contribution in [0.2, 0.25) is 0 Å². The van der Waals surface area contributed by atoms with Gasteiger partial charge in [-0.1, -0.05) is 52.4 Å². The maximum Gasteiger partial charge on any atom is 0.300 e. The highest BCUT2D eigenvalue weighted by Crippen LogP contribution is 2.15. The van der Waals surface area contributed by atoms with Crippen LogP contribution in [0.15, 0.2) is 0 Å². The Morgan fingerprint density at radius 3 is 0.812 bits per heavy atom. The highest BCUT2D eigenvalue weighted by molar-refractivity contribution is 5.63. The molecule has 0 bridgehead atoms. The van der Waals surface area contributed by atoms with E-state index in [2.05, 4.69) is 0 Å². The summed E-state index contributed by atoms with van der Waals surface area (Å²) in [5, 5.41) is 14.8. The van der Waals surface area contributed by atoms with Crippen molar-refractivity contribution in [2.45, 2.75) is 66.2 Å². The molecule has 1 aliphatic rings. The van der Waals surface area contributed by atoms with Gasteiger partial charge in [-0.25, -0.2) is 0 Å². The van der Waals surface area contributed by atoms with Crippen molar-refractivity contribution in [3.05, 3.63) is 0 Å². The minimum absolute atomic E-state index is 0.833. The Labute approximate surface area is 98.7 Å². The molecule has 4 nitrogen and oxygen atoms in total. The molecule has 2 N–H and O–H groups in total. The van der Waals surface area contributed by atoms with Gasteiger partial charge in [0.25, 0.3) is 11.9 Å². The topological polar surface area (TPSA) is 74.6 Å². The summed E-state index contributed by atoms with van der Waals surface area (Å²) in [7, 11) is 0. The van der Waals surface area contributed by atoms with Gasteiger partial charge in [-0.05, 0) is 0 Å². The Kier molecular flexibility index (Phi) is 24.8. The molecule has 1 rings (SSSR count). The Hall–Kier alpha value is -1.06. The fourth-order valence-electron chi connectivity index (χ4n) is 1.06. The van der Waals surface area contributed by atoms with E-state index in [4.69, 9.17) is 19.8 Å². The minimum atomic E-state index is -0.833. The predicted molar refractivity (Wildman–Crippen MR) is 65.7 cm³/mol. The van der Waals surface area contributed by atoms with E-state index in [0.29, 0.717) is 0 Å². The van der Waals surface area contributed by atoms with Gasteiger partial charge in [0.15, 0.2) is 0 Å². The number of aliphatic carboxylic acids is 2. The van der Waals surface area contributed by atoms with Gasteiger partial charge in [0.1, 0.15) is 0 Å². The van der Waals surface area contributed by atoms with Crippen LogP contribution in [0.5, 0.6) is 0 Å². The third-order valence-corrected chi connectivity index (χ3v) is 1.50. The number of carboxylic acid groups (broad SMARTS) is 2. The molecule has 0 aliphatic heterocycles. The normalized spacial score (nSPS) is 12.5. The molecule has 0 heterocycles. The van der Waals surface area contributed by atoms with Crippen LogP contribution in [0, 0.1) is 0 Å². The van der Waals surface area contributed by atoms with Crippen molar-refractivity contribution in [2.75, 3.05) is 0 Å². The Morgan fingerprint density at radius 1 is 0.688 bits per heavy atom. The fraction of sp³-hybridized carbons (Fsp3) is 0.833.